The van der Waals surface area contributed by atoms with E-state index in [4.69, 9.17) is 44.2 Å². The number of aliphatic hydroxyl groups excluding tert-OH is 4. The fourth-order valence-corrected chi connectivity index (χ4v) is 3.08. The highest BCUT2D eigenvalue weighted by Crippen LogP contribution is 2.44. The largest absolute Gasteiger partial charge is 0.466 e. The van der Waals surface area contributed by atoms with E-state index < -0.39 is 47.0 Å². The first-order valence-corrected chi connectivity index (χ1v) is 13.5. The van der Waals surface area contributed by atoms with Crippen molar-refractivity contribution < 1.29 is 58.9 Å². The van der Waals surface area contributed by atoms with E-state index in [0.29, 0.717) is 12.1 Å². The second-order valence-corrected chi connectivity index (χ2v) is 12.1. The summed E-state index contributed by atoms with van der Waals surface area (Å²) in [6.45, 7) is 11.1. The molecule has 1 rings (SSSR count). The molecule has 35 heavy (non-hydrogen) atoms. The van der Waals surface area contributed by atoms with Crippen molar-refractivity contribution in [2.75, 3.05) is 19.8 Å². The lowest BCUT2D eigenvalue weighted by Gasteiger charge is -2.39. The molecule has 0 saturated carbocycles. The van der Waals surface area contributed by atoms with Crippen molar-refractivity contribution in [2.24, 2.45) is 11.1 Å². The maximum atomic E-state index is 11.2. The quantitative estimate of drug-likeness (QED) is 0.207. The molecule has 208 valence electrons. The van der Waals surface area contributed by atoms with Crippen LogP contribution in [0, 0.1) is 5.41 Å². The van der Waals surface area contributed by atoms with Gasteiger partial charge in [0.2, 0.25) is 0 Å². The van der Waals surface area contributed by atoms with Crippen LogP contribution < -0.4 is 5.73 Å². The first kappa shape index (κ1) is 36.4. The van der Waals surface area contributed by atoms with Gasteiger partial charge in [0.15, 0.2) is 0 Å². The highest BCUT2D eigenvalue weighted by Gasteiger charge is 2.42. The van der Waals surface area contributed by atoms with Crippen LogP contribution in [0.25, 0.3) is 0 Å². The Morgan fingerprint density at radius 3 is 1.17 bits per heavy atom. The zero-order valence-corrected chi connectivity index (χ0v) is 22.6. The van der Waals surface area contributed by atoms with Crippen molar-refractivity contribution in [3.8, 4) is 0 Å². The van der Waals surface area contributed by atoms with Crippen molar-refractivity contribution in [2.45, 2.75) is 65.0 Å². The molecule has 0 aliphatic heterocycles. The Balaban J connectivity index is 0. The van der Waals surface area contributed by atoms with E-state index in [1.807, 2.05) is 53.7 Å². The molecule has 0 spiro atoms. The molecular weight excluding hydrogens is 508 g/mol. The van der Waals surface area contributed by atoms with Crippen LogP contribution in [0.3, 0.4) is 0 Å². The van der Waals surface area contributed by atoms with Crippen molar-refractivity contribution >= 4 is 15.6 Å². The molecular formula is C20H41NO12P2. The lowest BCUT2D eigenvalue weighted by Crippen LogP contribution is -2.42. The van der Waals surface area contributed by atoms with Gasteiger partial charge in [0.05, 0.1) is 31.3 Å². The lowest BCUT2D eigenvalue weighted by atomic mass is 9.69. The highest BCUT2D eigenvalue weighted by molar-refractivity contribution is 7.45. The van der Waals surface area contributed by atoms with Crippen molar-refractivity contribution in [1.29, 1.82) is 0 Å². The van der Waals surface area contributed by atoms with Crippen molar-refractivity contribution in [3.05, 3.63) is 34.4 Å². The van der Waals surface area contributed by atoms with Crippen LogP contribution in [0.4, 0.5) is 0 Å². The minimum Gasteiger partial charge on any atom is -0.395 e. The van der Waals surface area contributed by atoms with Gasteiger partial charge in [-0.05, 0) is 33.1 Å². The summed E-state index contributed by atoms with van der Waals surface area (Å²) in [5, 5.41) is 40.6. The molecule has 1 aromatic rings. The molecule has 0 saturated heterocycles. The van der Waals surface area contributed by atoms with Gasteiger partial charge in [-0.25, -0.2) is 9.13 Å². The number of nitrogens with two attached hydrogens (primary N) is 1. The van der Waals surface area contributed by atoms with E-state index >= 15 is 0 Å². The lowest BCUT2D eigenvalue weighted by molar-refractivity contribution is -0.0863. The van der Waals surface area contributed by atoms with E-state index in [9.17, 15) is 20.4 Å². The van der Waals surface area contributed by atoms with Crippen molar-refractivity contribution in [3.63, 3.8) is 0 Å². The third-order valence-corrected chi connectivity index (χ3v) is 4.89. The monoisotopic (exact) mass is 549 g/mol. The molecule has 1 unspecified atom stereocenters. The molecule has 0 fully saturated rings. The van der Waals surface area contributed by atoms with Gasteiger partial charge in [-0.15, -0.1) is 0 Å². The fourth-order valence-electron chi connectivity index (χ4n) is 3.08. The number of benzene rings is 1. The van der Waals surface area contributed by atoms with Gasteiger partial charge in [-0.3, -0.25) is 0 Å². The molecule has 15 heteroatoms. The van der Waals surface area contributed by atoms with Gasteiger partial charge in [0.1, 0.15) is 0 Å². The normalized spacial score (nSPS) is 13.9. The number of phosphoric acid groups is 2. The number of hydrogen-bond acceptors (Lipinski definition) is 7. The first-order chi connectivity index (χ1) is 15.4. The summed E-state index contributed by atoms with van der Waals surface area (Å²) in [7, 11) is -9.28. The molecule has 1 aromatic carbocycles. The van der Waals surface area contributed by atoms with Crippen molar-refractivity contribution in [1.82, 2.24) is 0 Å². The maximum Gasteiger partial charge on any atom is 0.466 e. The summed E-state index contributed by atoms with van der Waals surface area (Å²) in [5.74, 6) is 0. The molecule has 0 radical (unpaired) electrons. The van der Waals surface area contributed by atoms with Crippen LogP contribution in [-0.2, 0) is 26.5 Å². The summed E-state index contributed by atoms with van der Waals surface area (Å²) >= 11 is 0. The summed E-state index contributed by atoms with van der Waals surface area (Å²) in [4.78, 5) is 43.1. The molecule has 0 aromatic heterocycles. The predicted molar refractivity (Wildman–Crippen MR) is 129 cm³/mol. The third kappa shape index (κ3) is 13.9. The Hall–Kier alpha value is -0.760. The molecule has 0 heterocycles. The Labute approximate surface area is 205 Å². The van der Waals surface area contributed by atoms with Crippen LogP contribution in [0.5, 0.6) is 0 Å². The third-order valence-electron chi connectivity index (χ3n) is 4.89. The van der Waals surface area contributed by atoms with Crippen LogP contribution in [0.15, 0.2) is 12.1 Å². The Bertz CT molecular complexity index is 799. The molecule has 0 bridgehead atoms. The molecule has 1 atom stereocenters. The average molecular weight is 549 g/mol. The minimum atomic E-state index is -4.64. The van der Waals surface area contributed by atoms with Gasteiger partial charge < -0.3 is 55.5 Å². The SMILES string of the molecule is CC(C)(C)c1cc(CN)cc(C(C)(C)C)c1C(O)C(CO)(CO)CO.O=P(O)(O)O.O=P(O)(O)O. The zero-order valence-electron chi connectivity index (χ0n) is 20.8. The summed E-state index contributed by atoms with van der Waals surface area (Å²) in [6, 6.07) is 3.95. The van der Waals surface area contributed by atoms with Gasteiger partial charge in [-0.2, -0.15) is 0 Å². The number of aliphatic hydroxyl groups is 4. The molecule has 0 amide bonds. The average Bonchev–Trinajstić information content (AvgIpc) is 2.64. The topological polar surface area (TPSA) is 262 Å². The molecule has 13 nitrogen and oxygen atoms in total. The van der Waals surface area contributed by atoms with Crippen LogP contribution in [0.1, 0.15) is 69.9 Å². The molecule has 12 N–H and O–H groups in total. The van der Waals surface area contributed by atoms with Crippen LogP contribution in [-0.4, -0.2) is 69.6 Å². The van der Waals surface area contributed by atoms with Crippen LogP contribution in [0.2, 0.25) is 0 Å². The summed E-state index contributed by atoms with van der Waals surface area (Å²) < 4.78 is 17.8. The first-order valence-electron chi connectivity index (χ1n) is 10.3. The van der Waals surface area contributed by atoms with Crippen LogP contribution >= 0.6 is 15.6 Å². The van der Waals surface area contributed by atoms with E-state index in [2.05, 4.69) is 0 Å². The van der Waals surface area contributed by atoms with Gasteiger partial charge >= 0.3 is 15.6 Å². The number of hydrogen-bond donors (Lipinski definition) is 11. The van der Waals surface area contributed by atoms with Gasteiger partial charge in [0.25, 0.3) is 0 Å². The maximum absolute atomic E-state index is 11.2. The van der Waals surface area contributed by atoms with E-state index in [1.54, 1.807) is 0 Å². The molecule has 0 aliphatic rings. The summed E-state index contributed by atoms with van der Waals surface area (Å²) in [5.41, 5.74) is 7.35. The minimum absolute atomic E-state index is 0.284. The standard InChI is InChI=1S/C20H35NO4.2H3O4P/c1-18(2,3)14-7-13(9-21)8-15(19(4,5)6)16(14)17(25)20(10-22,11-23)12-24;2*1-5(2,3)4/h7-8,17,22-25H,9-12,21H2,1-6H3;2*(H3,1,2,3,4). The number of rotatable bonds is 6. The predicted octanol–water partition coefficient (Wildman–Crippen LogP) is -0.120. The van der Waals surface area contributed by atoms with Gasteiger partial charge in [0, 0.05) is 6.54 Å². The highest BCUT2D eigenvalue weighted by atomic mass is 31.2. The van der Waals surface area contributed by atoms with Gasteiger partial charge in [-0.1, -0.05) is 53.7 Å². The second kappa shape index (κ2) is 13.7. The Kier molecular flexibility index (Phi) is 14.2. The zero-order chi connectivity index (χ0) is 28.6. The van der Waals surface area contributed by atoms with E-state index in [-0.39, 0.29) is 10.8 Å². The van der Waals surface area contributed by atoms with E-state index in [1.165, 1.54) is 0 Å². The molecule has 0 aliphatic carbocycles. The fraction of sp³-hybridized carbons (Fsp3) is 0.700. The smallest absolute Gasteiger partial charge is 0.395 e. The Morgan fingerprint density at radius 1 is 0.743 bits per heavy atom. The Morgan fingerprint density at radius 2 is 1.00 bits per heavy atom. The summed E-state index contributed by atoms with van der Waals surface area (Å²) in [6.07, 6.45) is -1.21. The second-order valence-electron chi connectivity index (χ2n) is 10.1. The van der Waals surface area contributed by atoms with E-state index in [0.717, 1.165) is 16.7 Å².